The van der Waals surface area contributed by atoms with Crippen LogP contribution in [-0.4, -0.2) is 48.9 Å². The first-order valence-corrected chi connectivity index (χ1v) is 5.21. The van der Waals surface area contributed by atoms with E-state index in [0.29, 0.717) is 13.1 Å². The quantitative estimate of drug-likeness (QED) is 0.627. The molecule has 0 aromatic carbocycles. The van der Waals surface area contributed by atoms with Crippen molar-refractivity contribution in [1.29, 1.82) is 0 Å². The van der Waals surface area contributed by atoms with Gasteiger partial charge in [0.1, 0.15) is 0 Å². The van der Waals surface area contributed by atoms with E-state index in [4.69, 9.17) is 0 Å². The van der Waals surface area contributed by atoms with Crippen molar-refractivity contribution >= 4 is 0 Å². The Labute approximate surface area is 87.5 Å². The van der Waals surface area contributed by atoms with Crippen LogP contribution in [0.25, 0.3) is 0 Å². The topological polar surface area (TPSA) is 52.5 Å². The number of halogens is 2. The van der Waals surface area contributed by atoms with Crippen LogP contribution in [0, 0.1) is 10.8 Å². The van der Waals surface area contributed by atoms with Crippen molar-refractivity contribution in [2.24, 2.45) is 10.8 Å². The van der Waals surface area contributed by atoms with Crippen molar-refractivity contribution in [3.05, 3.63) is 0 Å². The van der Waals surface area contributed by atoms with Crippen LogP contribution in [0.4, 0.5) is 8.78 Å². The molecule has 0 spiro atoms. The Morgan fingerprint density at radius 2 is 1.67 bits per heavy atom. The van der Waals surface area contributed by atoms with Crippen LogP contribution in [0.1, 0.15) is 12.8 Å². The molecule has 1 heterocycles. The number of alkyl halides is 2. The Balaban J connectivity index is 2.06. The molecule has 1 aliphatic heterocycles. The van der Waals surface area contributed by atoms with Crippen molar-refractivity contribution in [1.82, 2.24) is 5.32 Å². The van der Waals surface area contributed by atoms with Gasteiger partial charge in [-0.3, -0.25) is 8.78 Å². The lowest BCUT2D eigenvalue weighted by Gasteiger charge is -2.62. The highest BCUT2D eigenvalue weighted by Gasteiger charge is 2.65. The number of hydrogen-bond donors (Lipinski definition) is 3. The van der Waals surface area contributed by atoms with Crippen molar-refractivity contribution in [2.75, 3.05) is 33.0 Å². The molecular weight excluding hydrogens is 204 g/mol. The molecule has 1 saturated carbocycles. The summed E-state index contributed by atoms with van der Waals surface area (Å²) in [5.74, 6) is 0. The van der Waals surface area contributed by atoms with Gasteiger partial charge in [-0.05, 0) is 12.8 Å². The van der Waals surface area contributed by atoms with Gasteiger partial charge < -0.3 is 15.5 Å². The summed E-state index contributed by atoms with van der Waals surface area (Å²) in [7, 11) is 0. The van der Waals surface area contributed by atoms with Gasteiger partial charge >= 0.3 is 0 Å². The van der Waals surface area contributed by atoms with Crippen molar-refractivity contribution in [2.45, 2.75) is 18.4 Å². The average Bonchev–Trinajstić information content (AvgIpc) is 2.12. The summed E-state index contributed by atoms with van der Waals surface area (Å²) in [5.41, 5.74) is -2.67. The molecule has 0 aromatic rings. The summed E-state index contributed by atoms with van der Waals surface area (Å²) in [6.07, 6.45) is 0.241. The smallest absolute Gasteiger partial charge is 0.0977 e. The minimum Gasteiger partial charge on any atom is -0.396 e. The van der Waals surface area contributed by atoms with E-state index in [-0.39, 0.29) is 19.4 Å². The van der Waals surface area contributed by atoms with Gasteiger partial charge in [0.15, 0.2) is 0 Å². The van der Waals surface area contributed by atoms with E-state index in [1.807, 2.05) is 0 Å². The molecule has 0 atom stereocenters. The summed E-state index contributed by atoms with van der Waals surface area (Å²) in [6, 6.07) is 0. The fourth-order valence-electron chi connectivity index (χ4n) is 2.80. The van der Waals surface area contributed by atoms with Crippen LogP contribution in [0.5, 0.6) is 0 Å². The maximum Gasteiger partial charge on any atom is 0.0977 e. The molecule has 1 saturated heterocycles. The molecule has 5 heteroatoms. The number of aliphatic hydroxyl groups excluding tert-OH is 1. The third-order valence-corrected chi connectivity index (χ3v) is 4.12. The Morgan fingerprint density at radius 3 is 1.93 bits per heavy atom. The molecule has 2 rings (SSSR count). The van der Waals surface area contributed by atoms with E-state index in [9.17, 15) is 19.0 Å². The molecular formula is C10H17F2NO2. The van der Waals surface area contributed by atoms with Gasteiger partial charge in [0.05, 0.1) is 25.6 Å². The molecule has 3 nitrogen and oxygen atoms in total. The lowest BCUT2D eigenvalue weighted by Crippen LogP contribution is -2.74. The first-order valence-electron chi connectivity index (χ1n) is 5.21. The van der Waals surface area contributed by atoms with Crippen LogP contribution >= 0.6 is 0 Å². The van der Waals surface area contributed by atoms with Gasteiger partial charge in [-0.2, -0.15) is 0 Å². The molecule has 88 valence electrons. The standard InChI is InChI=1S/C10H17F2NO2/c11-3-8(4-12)1-10(15,2-8)9(7-14)5-13-6-9/h13-15H,1-7H2. The molecule has 2 fully saturated rings. The second-order valence-corrected chi connectivity index (χ2v) is 5.19. The molecule has 0 bridgehead atoms. The van der Waals surface area contributed by atoms with Crippen LogP contribution in [0.3, 0.4) is 0 Å². The molecule has 0 unspecified atom stereocenters. The fourth-order valence-corrected chi connectivity index (χ4v) is 2.80. The zero-order chi connectivity index (χ0) is 11.2. The van der Waals surface area contributed by atoms with Crippen molar-refractivity contribution in [3.63, 3.8) is 0 Å². The summed E-state index contributed by atoms with van der Waals surface area (Å²) in [5, 5.41) is 22.5. The monoisotopic (exact) mass is 221 g/mol. The summed E-state index contributed by atoms with van der Waals surface area (Å²) in [6.45, 7) is -0.560. The van der Waals surface area contributed by atoms with Crippen LogP contribution < -0.4 is 5.32 Å². The number of nitrogens with one attached hydrogen (secondary N) is 1. The number of aliphatic hydroxyl groups is 2. The molecule has 0 amide bonds. The normalized spacial score (nSPS) is 30.4. The molecule has 3 N–H and O–H groups in total. The highest BCUT2D eigenvalue weighted by molar-refractivity contribution is 5.17. The second kappa shape index (κ2) is 3.37. The highest BCUT2D eigenvalue weighted by Crippen LogP contribution is 2.57. The zero-order valence-electron chi connectivity index (χ0n) is 8.60. The van der Waals surface area contributed by atoms with E-state index < -0.39 is 29.8 Å². The van der Waals surface area contributed by atoms with Crippen LogP contribution in [-0.2, 0) is 0 Å². The van der Waals surface area contributed by atoms with Gasteiger partial charge in [-0.25, -0.2) is 0 Å². The van der Waals surface area contributed by atoms with Gasteiger partial charge in [-0.15, -0.1) is 0 Å². The van der Waals surface area contributed by atoms with E-state index in [2.05, 4.69) is 5.32 Å². The molecule has 15 heavy (non-hydrogen) atoms. The Bertz CT molecular complexity index is 238. The average molecular weight is 221 g/mol. The molecule has 0 radical (unpaired) electrons. The van der Waals surface area contributed by atoms with E-state index in [1.54, 1.807) is 0 Å². The van der Waals surface area contributed by atoms with Crippen LogP contribution in [0.15, 0.2) is 0 Å². The summed E-state index contributed by atoms with van der Waals surface area (Å²) >= 11 is 0. The Kier molecular flexibility index (Phi) is 2.52. The number of rotatable bonds is 4. The predicted molar refractivity (Wildman–Crippen MR) is 51.0 cm³/mol. The minimum absolute atomic E-state index is 0.120. The van der Waals surface area contributed by atoms with Gasteiger partial charge in [-0.1, -0.05) is 0 Å². The maximum atomic E-state index is 12.6. The fraction of sp³-hybridized carbons (Fsp3) is 1.00. The van der Waals surface area contributed by atoms with Crippen LogP contribution in [0.2, 0.25) is 0 Å². The third-order valence-electron chi connectivity index (χ3n) is 4.12. The first kappa shape index (κ1) is 11.2. The number of hydrogen-bond acceptors (Lipinski definition) is 3. The minimum atomic E-state index is -1.09. The van der Waals surface area contributed by atoms with Gasteiger partial charge in [0, 0.05) is 23.9 Å². The maximum absolute atomic E-state index is 12.6. The lowest BCUT2D eigenvalue weighted by atomic mass is 9.49. The summed E-state index contributed by atoms with van der Waals surface area (Å²) < 4.78 is 25.2. The zero-order valence-corrected chi connectivity index (χ0v) is 8.60. The van der Waals surface area contributed by atoms with Gasteiger partial charge in [0.25, 0.3) is 0 Å². The van der Waals surface area contributed by atoms with E-state index in [1.165, 1.54) is 0 Å². The highest BCUT2D eigenvalue weighted by atomic mass is 19.1. The Morgan fingerprint density at radius 1 is 1.13 bits per heavy atom. The largest absolute Gasteiger partial charge is 0.396 e. The molecule has 0 aromatic heterocycles. The molecule has 2 aliphatic rings. The molecule has 1 aliphatic carbocycles. The summed E-state index contributed by atoms with van der Waals surface area (Å²) in [4.78, 5) is 0. The SMILES string of the molecule is OCC1(C2(O)CC(CF)(CF)C2)CNC1. The second-order valence-electron chi connectivity index (χ2n) is 5.19. The third kappa shape index (κ3) is 1.33. The van der Waals surface area contributed by atoms with E-state index >= 15 is 0 Å². The Hall–Kier alpha value is -0.260. The lowest BCUT2D eigenvalue weighted by molar-refractivity contribution is -0.237. The predicted octanol–water partition coefficient (Wildman–Crippen LogP) is 0.0186. The first-order chi connectivity index (χ1) is 7.05. The van der Waals surface area contributed by atoms with Gasteiger partial charge in [0.2, 0.25) is 0 Å². The van der Waals surface area contributed by atoms with E-state index in [0.717, 1.165) is 0 Å². The van der Waals surface area contributed by atoms with Crippen molar-refractivity contribution < 1.29 is 19.0 Å². The van der Waals surface area contributed by atoms with Crippen molar-refractivity contribution in [3.8, 4) is 0 Å².